The Bertz CT molecular complexity index is 262. The molecule has 1 heterocycles. The second-order valence-corrected chi connectivity index (χ2v) is 5.19. The first-order valence-electron chi connectivity index (χ1n) is 5.39. The molecule has 1 aromatic rings. The lowest BCUT2D eigenvalue weighted by molar-refractivity contribution is 0.215. The maximum atomic E-state index is 9.24. The smallest absolute Gasteiger partial charge is 0.109 e. The molecule has 0 aromatic carbocycles. The van der Waals surface area contributed by atoms with E-state index in [9.17, 15) is 5.11 Å². The van der Waals surface area contributed by atoms with Crippen molar-refractivity contribution in [3.8, 4) is 0 Å². The van der Waals surface area contributed by atoms with Crippen molar-refractivity contribution in [2.45, 2.75) is 39.3 Å². The molecule has 0 unspecified atom stereocenters. The highest BCUT2D eigenvalue weighted by molar-refractivity contribution is 7.09. The summed E-state index contributed by atoms with van der Waals surface area (Å²) in [6.07, 6.45) is 2.81. The summed E-state index contributed by atoms with van der Waals surface area (Å²) in [5.41, 5.74) is 0. The average molecular weight is 228 g/mol. The summed E-state index contributed by atoms with van der Waals surface area (Å²) >= 11 is 1.65. The fourth-order valence-corrected chi connectivity index (χ4v) is 2.29. The third-order valence-corrected chi connectivity index (χ3v) is 3.24. The molecule has 2 atom stereocenters. The maximum Gasteiger partial charge on any atom is 0.109 e. The van der Waals surface area contributed by atoms with Crippen LogP contribution in [0.25, 0.3) is 0 Å². The van der Waals surface area contributed by atoms with E-state index >= 15 is 0 Å². The fraction of sp³-hybridized carbons (Fsp3) is 0.727. The lowest BCUT2D eigenvalue weighted by Gasteiger charge is -2.21. The van der Waals surface area contributed by atoms with Crippen LogP contribution in [0, 0.1) is 5.92 Å². The van der Waals surface area contributed by atoms with Crippen LogP contribution in [0.5, 0.6) is 0 Å². The second-order valence-electron chi connectivity index (χ2n) is 4.27. The SMILES string of the molecule is CC(C)C[C@H](CO)N[C@H](C)c1nccs1. The lowest BCUT2D eigenvalue weighted by atomic mass is 10.0. The third kappa shape index (κ3) is 4.28. The Labute approximate surface area is 95.6 Å². The van der Waals surface area contributed by atoms with E-state index in [1.807, 2.05) is 11.6 Å². The highest BCUT2D eigenvalue weighted by Gasteiger charge is 2.15. The van der Waals surface area contributed by atoms with Crippen LogP contribution in [0.15, 0.2) is 11.6 Å². The molecule has 0 bridgehead atoms. The molecule has 4 heteroatoms. The molecule has 0 aliphatic carbocycles. The maximum absolute atomic E-state index is 9.24. The highest BCUT2D eigenvalue weighted by atomic mass is 32.1. The molecule has 1 rings (SSSR count). The lowest BCUT2D eigenvalue weighted by Crippen LogP contribution is -2.35. The molecule has 1 aromatic heterocycles. The van der Waals surface area contributed by atoms with Crippen molar-refractivity contribution >= 4 is 11.3 Å². The van der Waals surface area contributed by atoms with Crippen molar-refractivity contribution in [3.63, 3.8) is 0 Å². The van der Waals surface area contributed by atoms with E-state index in [2.05, 4.69) is 31.1 Å². The van der Waals surface area contributed by atoms with Crippen LogP contribution in [0.2, 0.25) is 0 Å². The summed E-state index contributed by atoms with van der Waals surface area (Å²) < 4.78 is 0. The van der Waals surface area contributed by atoms with Crippen molar-refractivity contribution in [3.05, 3.63) is 16.6 Å². The van der Waals surface area contributed by atoms with E-state index in [4.69, 9.17) is 0 Å². The largest absolute Gasteiger partial charge is 0.395 e. The first kappa shape index (κ1) is 12.6. The summed E-state index contributed by atoms with van der Waals surface area (Å²) in [6.45, 7) is 6.60. The van der Waals surface area contributed by atoms with Crippen LogP contribution in [0.1, 0.15) is 38.2 Å². The van der Waals surface area contributed by atoms with E-state index < -0.39 is 0 Å². The van der Waals surface area contributed by atoms with E-state index in [0.717, 1.165) is 11.4 Å². The summed E-state index contributed by atoms with van der Waals surface area (Å²) in [5, 5.41) is 15.7. The Kier molecular flexibility index (Phi) is 5.22. The summed E-state index contributed by atoms with van der Waals surface area (Å²) in [5.74, 6) is 0.596. The van der Waals surface area contributed by atoms with Gasteiger partial charge in [0, 0.05) is 17.6 Å². The van der Waals surface area contributed by atoms with Crippen molar-refractivity contribution in [2.24, 2.45) is 5.92 Å². The zero-order chi connectivity index (χ0) is 11.3. The van der Waals surface area contributed by atoms with Gasteiger partial charge in [-0.15, -0.1) is 11.3 Å². The van der Waals surface area contributed by atoms with Gasteiger partial charge in [-0.05, 0) is 19.3 Å². The number of aromatic nitrogens is 1. The Balaban J connectivity index is 2.44. The molecule has 0 amide bonds. The summed E-state index contributed by atoms with van der Waals surface area (Å²) in [4.78, 5) is 4.26. The van der Waals surface area contributed by atoms with Gasteiger partial charge in [0.05, 0.1) is 12.6 Å². The topological polar surface area (TPSA) is 45.1 Å². The van der Waals surface area contributed by atoms with Crippen LogP contribution in [0.4, 0.5) is 0 Å². The first-order chi connectivity index (χ1) is 7.13. The number of aliphatic hydroxyl groups is 1. The quantitative estimate of drug-likeness (QED) is 0.784. The van der Waals surface area contributed by atoms with Crippen LogP contribution in [-0.2, 0) is 0 Å². The molecule has 15 heavy (non-hydrogen) atoms. The van der Waals surface area contributed by atoms with Gasteiger partial charge in [0.1, 0.15) is 5.01 Å². The number of hydrogen-bond donors (Lipinski definition) is 2. The molecule has 0 spiro atoms. The minimum atomic E-state index is 0.170. The minimum absolute atomic E-state index is 0.170. The molecule has 0 saturated carbocycles. The summed E-state index contributed by atoms with van der Waals surface area (Å²) in [6, 6.07) is 0.393. The molecule has 0 aliphatic heterocycles. The van der Waals surface area contributed by atoms with Crippen molar-refractivity contribution in [1.29, 1.82) is 0 Å². The zero-order valence-corrected chi connectivity index (χ0v) is 10.4. The standard InChI is InChI=1S/C11H20N2OS/c1-8(2)6-10(7-14)13-9(3)11-12-4-5-15-11/h4-5,8-10,13-14H,6-7H2,1-3H3/t9-,10-/m1/s1. The number of nitrogens with one attached hydrogen (secondary N) is 1. The Morgan fingerprint density at radius 3 is 2.67 bits per heavy atom. The van der Waals surface area contributed by atoms with E-state index in [1.54, 1.807) is 11.3 Å². The van der Waals surface area contributed by atoms with Gasteiger partial charge in [-0.1, -0.05) is 13.8 Å². The number of thiazole rings is 1. The molecule has 0 radical (unpaired) electrons. The Morgan fingerprint density at radius 1 is 1.47 bits per heavy atom. The van der Waals surface area contributed by atoms with Gasteiger partial charge in [0.2, 0.25) is 0 Å². The Morgan fingerprint density at radius 2 is 2.20 bits per heavy atom. The summed E-state index contributed by atoms with van der Waals surface area (Å²) in [7, 11) is 0. The van der Waals surface area contributed by atoms with Gasteiger partial charge in [-0.3, -0.25) is 0 Å². The number of nitrogens with zero attached hydrogens (tertiary/aromatic N) is 1. The highest BCUT2D eigenvalue weighted by Crippen LogP contribution is 2.16. The van der Waals surface area contributed by atoms with Crippen LogP contribution >= 0.6 is 11.3 Å². The average Bonchev–Trinajstić information content (AvgIpc) is 2.68. The van der Waals surface area contributed by atoms with Gasteiger partial charge >= 0.3 is 0 Å². The minimum Gasteiger partial charge on any atom is -0.395 e. The number of aliphatic hydroxyl groups excluding tert-OH is 1. The molecule has 86 valence electrons. The van der Waals surface area contributed by atoms with Crippen molar-refractivity contribution in [1.82, 2.24) is 10.3 Å². The first-order valence-corrected chi connectivity index (χ1v) is 6.27. The molecule has 3 nitrogen and oxygen atoms in total. The van der Waals surface area contributed by atoms with Crippen molar-refractivity contribution < 1.29 is 5.11 Å². The zero-order valence-electron chi connectivity index (χ0n) is 9.60. The number of hydrogen-bond acceptors (Lipinski definition) is 4. The fourth-order valence-electron chi connectivity index (χ4n) is 1.64. The molecule has 2 N–H and O–H groups in total. The third-order valence-electron chi connectivity index (χ3n) is 2.28. The van der Waals surface area contributed by atoms with Gasteiger partial charge in [-0.25, -0.2) is 4.98 Å². The van der Waals surface area contributed by atoms with Crippen LogP contribution in [-0.4, -0.2) is 22.7 Å². The Hall–Kier alpha value is -0.450. The van der Waals surface area contributed by atoms with Crippen LogP contribution < -0.4 is 5.32 Å². The van der Waals surface area contributed by atoms with Crippen LogP contribution in [0.3, 0.4) is 0 Å². The number of rotatable bonds is 6. The van der Waals surface area contributed by atoms with Gasteiger partial charge < -0.3 is 10.4 Å². The van der Waals surface area contributed by atoms with Gasteiger partial charge in [-0.2, -0.15) is 0 Å². The molecular formula is C11H20N2OS. The molecule has 0 aliphatic rings. The van der Waals surface area contributed by atoms with Crippen molar-refractivity contribution in [2.75, 3.05) is 6.61 Å². The monoisotopic (exact) mass is 228 g/mol. The molecular weight excluding hydrogens is 208 g/mol. The van der Waals surface area contributed by atoms with Gasteiger partial charge in [0.25, 0.3) is 0 Å². The molecule has 0 saturated heterocycles. The van der Waals surface area contributed by atoms with E-state index in [0.29, 0.717) is 5.92 Å². The van der Waals surface area contributed by atoms with Gasteiger partial charge in [0.15, 0.2) is 0 Å². The van der Waals surface area contributed by atoms with E-state index in [1.165, 1.54) is 0 Å². The molecule has 0 fully saturated rings. The normalized spacial score (nSPS) is 15.5. The second kappa shape index (κ2) is 6.20. The predicted molar refractivity (Wildman–Crippen MR) is 64.0 cm³/mol. The van der Waals surface area contributed by atoms with E-state index in [-0.39, 0.29) is 18.7 Å². The predicted octanol–water partition coefficient (Wildman–Crippen LogP) is 2.20.